The van der Waals surface area contributed by atoms with Crippen LogP contribution in [0.15, 0.2) is 66.7 Å². The Balaban J connectivity index is 1.64. The average molecular weight is 589 g/mol. The molecule has 228 valence electrons. The number of carbonyl (C=O) groups excluding carboxylic acids is 3. The molecule has 0 atom stereocenters. The van der Waals surface area contributed by atoms with Gasteiger partial charge in [0.15, 0.2) is 6.61 Å². The van der Waals surface area contributed by atoms with E-state index < -0.39 is 12.0 Å². The number of nitrogens with one attached hydrogen (secondary N) is 2. The van der Waals surface area contributed by atoms with Crippen LogP contribution in [-0.2, 0) is 20.8 Å². The van der Waals surface area contributed by atoms with Crippen molar-refractivity contribution in [1.82, 2.24) is 5.32 Å². The Morgan fingerprint density at radius 2 is 1.58 bits per heavy atom. The summed E-state index contributed by atoms with van der Waals surface area (Å²) < 4.78 is 5.82. The van der Waals surface area contributed by atoms with Gasteiger partial charge in [-0.1, -0.05) is 38.1 Å². The zero-order chi connectivity index (χ0) is 31.5. The Bertz CT molecular complexity index is 1430. The molecule has 0 aliphatic carbocycles. The topological polar surface area (TPSA) is 128 Å². The van der Waals surface area contributed by atoms with Crippen molar-refractivity contribution in [3.05, 3.63) is 83.4 Å². The first-order valence-electron chi connectivity index (χ1n) is 14.1. The Morgan fingerprint density at radius 3 is 2.26 bits per heavy atom. The molecule has 3 rings (SSSR count). The smallest absolute Gasteiger partial charge is 0.319 e. The molecule has 0 aliphatic heterocycles. The Morgan fingerprint density at radius 1 is 0.884 bits per heavy atom. The third-order valence-corrected chi connectivity index (χ3v) is 6.63. The SMILES string of the molecule is Cc1cc(C)cc(N(C)C(=O)COc2cccc(N(CCC(C)C)C(=O)CNC(=O)Nc3cccc(CC(=O)O)c3)c2)c1. The molecule has 10 nitrogen and oxygen atoms in total. The van der Waals surface area contributed by atoms with Crippen molar-refractivity contribution in [2.75, 3.05) is 41.9 Å². The third-order valence-electron chi connectivity index (χ3n) is 6.63. The van der Waals surface area contributed by atoms with Gasteiger partial charge in [-0.05, 0) is 79.3 Å². The number of nitrogens with zero attached hydrogens (tertiary/aromatic N) is 2. The van der Waals surface area contributed by atoms with Crippen LogP contribution in [0, 0.1) is 19.8 Å². The van der Waals surface area contributed by atoms with E-state index in [4.69, 9.17) is 9.84 Å². The molecule has 0 aliphatic rings. The number of aryl methyl sites for hydroxylation is 2. The molecular formula is C33H40N4O6. The zero-order valence-corrected chi connectivity index (χ0v) is 25.3. The van der Waals surface area contributed by atoms with Crippen molar-refractivity contribution in [2.45, 2.75) is 40.5 Å². The number of hydrogen-bond acceptors (Lipinski definition) is 5. The maximum atomic E-state index is 13.3. The van der Waals surface area contributed by atoms with Crippen molar-refractivity contribution in [3.8, 4) is 5.75 Å². The molecule has 0 saturated carbocycles. The van der Waals surface area contributed by atoms with Crippen molar-refractivity contribution in [2.24, 2.45) is 5.92 Å². The number of amides is 4. The highest BCUT2D eigenvalue weighted by molar-refractivity contribution is 5.99. The number of hydrogen-bond donors (Lipinski definition) is 3. The Labute approximate surface area is 252 Å². The number of carboxylic acids is 1. The predicted molar refractivity (Wildman–Crippen MR) is 168 cm³/mol. The van der Waals surface area contributed by atoms with E-state index in [1.54, 1.807) is 65.4 Å². The molecule has 0 spiro atoms. The molecule has 3 aromatic carbocycles. The number of likely N-dealkylation sites (N-methyl/N-ethyl adjacent to an activating group) is 1. The van der Waals surface area contributed by atoms with E-state index in [-0.39, 0.29) is 31.4 Å². The Hall–Kier alpha value is -4.86. The molecule has 0 aromatic heterocycles. The van der Waals surface area contributed by atoms with Gasteiger partial charge in [-0.3, -0.25) is 14.4 Å². The minimum Gasteiger partial charge on any atom is -0.484 e. The molecule has 0 heterocycles. The highest BCUT2D eigenvalue weighted by Gasteiger charge is 2.19. The van der Waals surface area contributed by atoms with Crippen LogP contribution in [0.4, 0.5) is 21.9 Å². The summed E-state index contributed by atoms with van der Waals surface area (Å²) >= 11 is 0. The van der Waals surface area contributed by atoms with Crippen LogP contribution in [0.2, 0.25) is 0 Å². The molecular weight excluding hydrogens is 548 g/mol. The van der Waals surface area contributed by atoms with Gasteiger partial charge in [0, 0.05) is 36.7 Å². The van der Waals surface area contributed by atoms with Gasteiger partial charge in [0.1, 0.15) is 5.75 Å². The van der Waals surface area contributed by atoms with Crippen LogP contribution in [0.5, 0.6) is 5.75 Å². The summed E-state index contributed by atoms with van der Waals surface area (Å²) in [6, 6.07) is 18.8. The van der Waals surface area contributed by atoms with Gasteiger partial charge < -0.3 is 30.3 Å². The maximum absolute atomic E-state index is 13.3. The summed E-state index contributed by atoms with van der Waals surface area (Å²) in [7, 11) is 1.71. The summed E-state index contributed by atoms with van der Waals surface area (Å²) in [5.74, 6) is -0.735. The fraction of sp³-hybridized carbons (Fsp3) is 0.333. The minimum absolute atomic E-state index is 0.166. The van der Waals surface area contributed by atoms with E-state index in [1.807, 2.05) is 32.0 Å². The second kappa shape index (κ2) is 15.4. The first kappa shape index (κ1) is 32.7. The van der Waals surface area contributed by atoms with Crippen LogP contribution < -0.4 is 25.2 Å². The lowest BCUT2D eigenvalue weighted by Crippen LogP contribution is -2.42. The highest BCUT2D eigenvalue weighted by Crippen LogP contribution is 2.23. The summed E-state index contributed by atoms with van der Waals surface area (Å²) in [4.78, 5) is 52.8. The summed E-state index contributed by atoms with van der Waals surface area (Å²) in [5, 5.41) is 14.2. The van der Waals surface area contributed by atoms with Crippen LogP contribution in [-0.4, -0.2) is 55.7 Å². The molecule has 43 heavy (non-hydrogen) atoms. The van der Waals surface area contributed by atoms with Gasteiger partial charge >= 0.3 is 12.0 Å². The summed E-state index contributed by atoms with van der Waals surface area (Å²) in [5.41, 5.74) is 4.46. The van der Waals surface area contributed by atoms with Gasteiger partial charge in [0.05, 0.1) is 13.0 Å². The fourth-order valence-electron chi connectivity index (χ4n) is 4.42. The fourth-order valence-corrected chi connectivity index (χ4v) is 4.42. The van der Waals surface area contributed by atoms with Crippen molar-refractivity contribution in [3.63, 3.8) is 0 Å². The molecule has 10 heteroatoms. The number of anilines is 3. The minimum atomic E-state index is -0.973. The molecule has 0 unspecified atom stereocenters. The van der Waals surface area contributed by atoms with Gasteiger partial charge in [-0.2, -0.15) is 0 Å². The largest absolute Gasteiger partial charge is 0.484 e. The number of aliphatic carboxylic acids is 1. The zero-order valence-electron chi connectivity index (χ0n) is 25.3. The standard InChI is InChI=1S/C33H40N4O6/c1-22(2)12-13-37(30(38)20-34-33(42)35-26-9-6-8-25(17-26)18-32(40)41)27-10-7-11-29(19-27)43-21-31(39)36(5)28-15-23(3)14-24(4)16-28/h6-11,14-17,19,22H,12-13,18,20-21H2,1-5H3,(H,40,41)(H2,34,35,42). The lowest BCUT2D eigenvalue weighted by Gasteiger charge is -2.25. The number of urea groups is 1. The van der Waals surface area contributed by atoms with E-state index in [1.165, 1.54) is 0 Å². The van der Waals surface area contributed by atoms with E-state index in [9.17, 15) is 19.2 Å². The van der Waals surface area contributed by atoms with Gasteiger partial charge in [-0.25, -0.2) is 4.79 Å². The monoisotopic (exact) mass is 588 g/mol. The molecule has 0 fully saturated rings. The molecule has 4 amide bonds. The number of benzene rings is 3. The summed E-state index contributed by atoms with van der Waals surface area (Å²) in [6.45, 7) is 8.07. The Kier molecular flexibility index (Phi) is 11.7. The van der Waals surface area contributed by atoms with E-state index >= 15 is 0 Å². The maximum Gasteiger partial charge on any atom is 0.319 e. The molecule has 0 saturated heterocycles. The van der Waals surface area contributed by atoms with Crippen molar-refractivity contribution >= 4 is 40.9 Å². The van der Waals surface area contributed by atoms with Crippen LogP contribution in [0.3, 0.4) is 0 Å². The van der Waals surface area contributed by atoms with Crippen molar-refractivity contribution < 1.29 is 29.0 Å². The second-order valence-electron chi connectivity index (χ2n) is 10.9. The molecule has 3 N–H and O–H groups in total. The number of carbonyl (C=O) groups is 4. The lowest BCUT2D eigenvalue weighted by molar-refractivity contribution is -0.136. The number of carboxylic acid groups (broad SMARTS) is 1. The summed E-state index contributed by atoms with van der Waals surface area (Å²) in [6.07, 6.45) is 0.569. The molecule has 0 bridgehead atoms. The van der Waals surface area contributed by atoms with Gasteiger partial charge in [-0.15, -0.1) is 0 Å². The van der Waals surface area contributed by atoms with E-state index in [0.29, 0.717) is 35.2 Å². The van der Waals surface area contributed by atoms with Crippen LogP contribution >= 0.6 is 0 Å². The predicted octanol–water partition coefficient (Wildman–Crippen LogP) is 5.17. The van der Waals surface area contributed by atoms with Gasteiger partial charge in [0.2, 0.25) is 5.91 Å². The number of rotatable bonds is 13. The van der Waals surface area contributed by atoms with E-state index in [0.717, 1.165) is 23.2 Å². The quantitative estimate of drug-likeness (QED) is 0.253. The highest BCUT2D eigenvalue weighted by atomic mass is 16.5. The molecule has 3 aromatic rings. The van der Waals surface area contributed by atoms with E-state index in [2.05, 4.69) is 24.5 Å². The average Bonchev–Trinajstić information content (AvgIpc) is 2.94. The van der Waals surface area contributed by atoms with Crippen LogP contribution in [0.1, 0.15) is 37.0 Å². The first-order valence-corrected chi connectivity index (χ1v) is 14.1. The normalized spacial score (nSPS) is 10.7. The second-order valence-corrected chi connectivity index (χ2v) is 10.9. The number of ether oxygens (including phenoxy) is 1. The lowest BCUT2D eigenvalue weighted by atomic mass is 10.1. The molecule has 0 radical (unpaired) electrons. The van der Waals surface area contributed by atoms with Crippen molar-refractivity contribution in [1.29, 1.82) is 0 Å². The van der Waals surface area contributed by atoms with Crippen LogP contribution in [0.25, 0.3) is 0 Å². The first-order chi connectivity index (χ1) is 20.4. The van der Waals surface area contributed by atoms with Gasteiger partial charge in [0.25, 0.3) is 5.91 Å². The third kappa shape index (κ3) is 10.5.